The molecule has 0 saturated heterocycles. The average molecular weight is 371 g/mol. The molecule has 1 aliphatic rings. The van der Waals surface area contributed by atoms with Crippen LogP contribution in [0.1, 0.15) is 42.2 Å². The van der Waals surface area contributed by atoms with Crippen molar-refractivity contribution in [1.29, 1.82) is 0 Å². The molecule has 0 radical (unpaired) electrons. The highest BCUT2D eigenvalue weighted by atomic mass is 16.5. The second-order valence-electron chi connectivity index (χ2n) is 6.79. The van der Waals surface area contributed by atoms with E-state index in [4.69, 9.17) is 14.2 Å². The van der Waals surface area contributed by atoms with E-state index >= 15 is 0 Å². The molecular weight excluding hydrogens is 346 g/mol. The van der Waals surface area contributed by atoms with Crippen molar-refractivity contribution in [3.8, 4) is 11.5 Å². The highest BCUT2D eigenvalue weighted by Gasteiger charge is 2.45. The Bertz CT molecular complexity index is 898. The van der Waals surface area contributed by atoms with Crippen LogP contribution < -0.4 is 9.47 Å². The number of fused-ring (bicyclic) bond motifs is 3. The number of aryl methyl sites for hydroxylation is 1. The van der Waals surface area contributed by atoms with E-state index in [0.717, 1.165) is 16.6 Å². The Labute approximate surface area is 158 Å². The summed E-state index contributed by atoms with van der Waals surface area (Å²) in [5.74, 6) is 0.766. The summed E-state index contributed by atoms with van der Waals surface area (Å²) in [6.45, 7) is 5.86. The number of hydrogen-bond acceptors (Lipinski definition) is 5. The lowest BCUT2D eigenvalue weighted by molar-refractivity contribution is -0.145. The van der Waals surface area contributed by atoms with Gasteiger partial charge in [0.25, 0.3) is 0 Å². The van der Waals surface area contributed by atoms with Crippen LogP contribution in [0, 0.1) is 5.41 Å². The smallest absolute Gasteiger partial charge is 0.306 e. The molecule has 2 aromatic rings. The van der Waals surface area contributed by atoms with E-state index in [1.807, 2.05) is 6.07 Å². The fraction of sp³-hybridized carbons (Fsp3) is 0.429. The zero-order valence-corrected chi connectivity index (χ0v) is 16.0. The number of nitrogens with one attached hydrogen (secondary N) is 1. The second kappa shape index (κ2) is 7.47. The van der Waals surface area contributed by atoms with Gasteiger partial charge in [-0.05, 0) is 38.3 Å². The first-order chi connectivity index (χ1) is 13.0. The van der Waals surface area contributed by atoms with Gasteiger partial charge in [-0.25, -0.2) is 0 Å². The van der Waals surface area contributed by atoms with Crippen molar-refractivity contribution >= 4 is 22.7 Å². The summed E-state index contributed by atoms with van der Waals surface area (Å²) < 4.78 is 16.0. The summed E-state index contributed by atoms with van der Waals surface area (Å²) in [5, 5.41) is 0.782. The monoisotopic (exact) mass is 371 g/mol. The Kier molecular flexibility index (Phi) is 5.26. The number of carbonyl (C=O) groups excluding carboxylic acids is 2. The molecule has 0 unspecified atom stereocenters. The molecule has 3 rings (SSSR count). The van der Waals surface area contributed by atoms with Gasteiger partial charge in [0.2, 0.25) is 0 Å². The molecule has 1 heterocycles. The van der Waals surface area contributed by atoms with Crippen molar-refractivity contribution in [2.45, 2.75) is 32.6 Å². The number of allylic oxidation sites excluding steroid dienone is 1. The minimum atomic E-state index is -0.816. The van der Waals surface area contributed by atoms with Crippen LogP contribution in [-0.2, 0) is 16.0 Å². The first kappa shape index (κ1) is 19.0. The molecule has 27 heavy (non-hydrogen) atoms. The third-order valence-corrected chi connectivity index (χ3v) is 5.28. The van der Waals surface area contributed by atoms with Crippen molar-refractivity contribution < 1.29 is 23.8 Å². The summed E-state index contributed by atoms with van der Waals surface area (Å²) in [7, 11) is 3.15. The Morgan fingerprint density at radius 2 is 2.11 bits per heavy atom. The molecular formula is C21H25NO5. The van der Waals surface area contributed by atoms with E-state index in [0.29, 0.717) is 42.9 Å². The van der Waals surface area contributed by atoms with Crippen LogP contribution in [0.2, 0.25) is 0 Å². The Morgan fingerprint density at radius 3 is 2.74 bits per heavy atom. The van der Waals surface area contributed by atoms with Crippen LogP contribution in [0.5, 0.6) is 11.5 Å². The van der Waals surface area contributed by atoms with Gasteiger partial charge < -0.3 is 19.2 Å². The summed E-state index contributed by atoms with van der Waals surface area (Å²) in [4.78, 5) is 29.1. The van der Waals surface area contributed by atoms with Crippen molar-refractivity contribution in [1.82, 2.24) is 4.98 Å². The third kappa shape index (κ3) is 3.09. The molecule has 6 heteroatoms. The van der Waals surface area contributed by atoms with Gasteiger partial charge >= 0.3 is 5.97 Å². The molecule has 0 fully saturated rings. The van der Waals surface area contributed by atoms with Crippen LogP contribution in [0.4, 0.5) is 0 Å². The lowest BCUT2D eigenvalue weighted by atomic mass is 9.67. The molecule has 1 aliphatic carbocycles. The van der Waals surface area contributed by atoms with Gasteiger partial charge in [0.1, 0.15) is 0 Å². The van der Waals surface area contributed by atoms with E-state index in [-0.39, 0.29) is 18.2 Å². The topological polar surface area (TPSA) is 77.6 Å². The van der Waals surface area contributed by atoms with E-state index in [9.17, 15) is 9.59 Å². The molecule has 0 spiro atoms. The highest BCUT2D eigenvalue weighted by molar-refractivity contribution is 6.14. The van der Waals surface area contributed by atoms with Gasteiger partial charge in [0, 0.05) is 22.1 Å². The van der Waals surface area contributed by atoms with Crippen LogP contribution in [0.25, 0.3) is 10.9 Å². The lowest BCUT2D eigenvalue weighted by Gasteiger charge is -2.34. The van der Waals surface area contributed by atoms with Crippen molar-refractivity contribution in [3.63, 3.8) is 0 Å². The zero-order chi connectivity index (χ0) is 19.6. The minimum Gasteiger partial charge on any atom is -0.493 e. The molecule has 0 aliphatic heterocycles. The predicted octanol–water partition coefficient (Wildman–Crippen LogP) is 3.83. The number of aromatic amines is 1. The Morgan fingerprint density at radius 1 is 1.33 bits per heavy atom. The standard InChI is InChI=1S/C21H25NO5/c1-5-10-21(12-16(23)27-6-2)11-9-14-17(20(21)24)13-7-8-15(25-3)19(26-4)18(13)22-14/h5,7-8,22H,1,6,9-12H2,2-4H3/t21-/m1/s1. The van der Waals surface area contributed by atoms with Crippen LogP contribution in [-0.4, -0.2) is 37.6 Å². The summed E-state index contributed by atoms with van der Waals surface area (Å²) in [5.41, 5.74) is 1.41. The van der Waals surface area contributed by atoms with Crippen LogP contribution in [0.3, 0.4) is 0 Å². The SMILES string of the molecule is C=CC[C@]1(CC(=O)OCC)CCc2[nH]c3c(OC)c(OC)ccc3c2C1=O. The van der Waals surface area contributed by atoms with E-state index in [1.54, 1.807) is 33.3 Å². The van der Waals surface area contributed by atoms with Crippen LogP contribution in [0.15, 0.2) is 24.8 Å². The highest BCUT2D eigenvalue weighted by Crippen LogP contribution is 2.46. The molecule has 6 nitrogen and oxygen atoms in total. The number of rotatable bonds is 7. The van der Waals surface area contributed by atoms with E-state index < -0.39 is 5.41 Å². The molecule has 1 N–H and O–H groups in total. The molecule has 0 bridgehead atoms. The summed E-state index contributed by atoms with van der Waals surface area (Å²) in [6, 6.07) is 3.65. The van der Waals surface area contributed by atoms with Crippen molar-refractivity contribution in [2.75, 3.05) is 20.8 Å². The summed E-state index contributed by atoms with van der Waals surface area (Å²) >= 11 is 0. The fourth-order valence-corrected chi connectivity index (χ4v) is 4.03. The zero-order valence-electron chi connectivity index (χ0n) is 16.0. The van der Waals surface area contributed by atoms with Gasteiger partial charge in [-0.2, -0.15) is 0 Å². The quantitative estimate of drug-likeness (QED) is 0.591. The second-order valence-corrected chi connectivity index (χ2v) is 6.79. The largest absolute Gasteiger partial charge is 0.493 e. The lowest BCUT2D eigenvalue weighted by Crippen LogP contribution is -2.38. The Hall–Kier alpha value is -2.76. The summed E-state index contributed by atoms with van der Waals surface area (Å²) in [6.07, 6.45) is 3.43. The minimum absolute atomic E-state index is 0.0461. The maximum Gasteiger partial charge on any atom is 0.306 e. The van der Waals surface area contributed by atoms with Gasteiger partial charge in [-0.15, -0.1) is 6.58 Å². The van der Waals surface area contributed by atoms with Gasteiger partial charge in [0.15, 0.2) is 17.3 Å². The average Bonchev–Trinajstić information content (AvgIpc) is 3.03. The maximum absolute atomic E-state index is 13.5. The number of carbonyl (C=O) groups is 2. The molecule has 0 amide bonds. The van der Waals surface area contributed by atoms with Gasteiger partial charge in [0.05, 0.1) is 32.8 Å². The number of H-pyrrole nitrogens is 1. The number of hydrogen-bond donors (Lipinski definition) is 1. The molecule has 1 aromatic heterocycles. The number of methoxy groups -OCH3 is 2. The van der Waals surface area contributed by atoms with Crippen molar-refractivity contribution in [3.05, 3.63) is 36.0 Å². The van der Waals surface area contributed by atoms with E-state index in [1.165, 1.54) is 0 Å². The number of benzene rings is 1. The fourth-order valence-electron chi connectivity index (χ4n) is 4.03. The number of esters is 1. The molecule has 0 saturated carbocycles. The van der Waals surface area contributed by atoms with Gasteiger partial charge in [-0.3, -0.25) is 9.59 Å². The maximum atomic E-state index is 13.5. The molecule has 144 valence electrons. The first-order valence-electron chi connectivity index (χ1n) is 9.08. The third-order valence-electron chi connectivity index (χ3n) is 5.28. The number of aromatic nitrogens is 1. The van der Waals surface area contributed by atoms with E-state index in [2.05, 4.69) is 11.6 Å². The predicted molar refractivity (Wildman–Crippen MR) is 103 cm³/mol. The Balaban J connectivity index is 2.12. The number of ketones is 1. The normalized spacial score (nSPS) is 18.9. The molecule has 1 aromatic carbocycles. The number of Topliss-reactive ketones (excluding diaryl/α,β-unsaturated/α-hetero) is 1. The van der Waals surface area contributed by atoms with Gasteiger partial charge in [-0.1, -0.05) is 6.08 Å². The van der Waals surface area contributed by atoms with Crippen molar-refractivity contribution in [2.24, 2.45) is 5.41 Å². The molecule has 1 atom stereocenters. The number of ether oxygens (including phenoxy) is 3. The first-order valence-corrected chi connectivity index (χ1v) is 9.08. The van der Waals surface area contributed by atoms with Crippen LogP contribution >= 0.6 is 0 Å².